The number of aliphatic carboxylic acids is 1. The summed E-state index contributed by atoms with van der Waals surface area (Å²) >= 11 is 13.2. The molecule has 8 heteroatoms. The average Bonchev–Trinajstić information content (AvgIpc) is 2.95. The van der Waals surface area contributed by atoms with Gasteiger partial charge in [0.1, 0.15) is 18.0 Å². The van der Waals surface area contributed by atoms with Crippen molar-refractivity contribution >= 4 is 40.8 Å². The predicted octanol–water partition coefficient (Wildman–Crippen LogP) is 8.00. The molecular formula is C32H29Cl2NO5. The van der Waals surface area contributed by atoms with Gasteiger partial charge in [-0.05, 0) is 47.9 Å². The van der Waals surface area contributed by atoms with Gasteiger partial charge in [0.25, 0.3) is 0 Å². The maximum absolute atomic E-state index is 13.6. The van der Waals surface area contributed by atoms with Crippen LogP contribution in [0.3, 0.4) is 0 Å². The molecule has 206 valence electrons. The van der Waals surface area contributed by atoms with Crippen LogP contribution in [0.2, 0.25) is 10.0 Å². The normalized spacial score (nSPS) is 11.5. The maximum Gasteiger partial charge on any atom is 0.323 e. The average molecular weight is 578 g/mol. The summed E-state index contributed by atoms with van der Waals surface area (Å²) in [6, 6.07) is 27.6. The second-order valence-electron chi connectivity index (χ2n) is 9.17. The molecule has 0 radical (unpaired) electrons. The molecule has 0 heterocycles. The number of hydrogen-bond donors (Lipinski definition) is 1. The number of amides is 1. The van der Waals surface area contributed by atoms with Crippen molar-refractivity contribution in [3.63, 3.8) is 0 Å². The first-order valence-corrected chi connectivity index (χ1v) is 13.5. The van der Waals surface area contributed by atoms with E-state index in [0.29, 0.717) is 18.6 Å². The van der Waals surface area contributed by atoms with E-state index < -0.39 is 18.4 Å². The Labute approximate surface area is 243 Å². The number of rotatable bonds is 11. The fourth-order valence-corrected chi connectivity index (χ4v) is 5.10. The SMILES string of the molecule is CCC(C(=O)N(CC(=O)O)c1cc(Cl)c(Oc2ccc(OC)c(Cc3ccccc3)c2)c(Cl)c1)c1ccccc1. The maximum atomic E-state index is 13.6. The van der Waals surface area contributed by atoms with Gasteiger partial charge in [-0.2, -0.15) is 0 Å². The van der Waals surface area contributed by atoms with Crippen LogP contribution < -0.4 is 14.4 Å². The molecule has 0 aliphatic heterocycles. The first kappa shape index (κ1) is 29.0. The number of ether oxygens (including phenoxy) is 2. The Morgan fingerprint density at radius 3 is 2.10 bits per heavy atom. The Balaban J connectivity index is 1.64. The van der Waals surface area contributed by atoms with Gasteiger partial charge < -0.3 is 19.5 Å². The third-order valence-corrected chi connectivity index (χ3v) is 7.03. The van der Waals surface area contributed by atoms with E-state index in [1.807, 2.05) is 79.7 Å². The molecule has 4 aromatic rings. The summed E-state index contributed by atoms with van der Waals surface area (Å²) in [7, 11) is 1.61. The van der Waals surface area contributed by atoms with Crippen molar-refractivity contribution in [3.8, 4) is 17.2 Å². The second-order valence-corrected chi connectivity index (χ2v) is 9.98. The van der Waals surface area contributed by atoms with Gasteiger partial charge in [-0.1, -0.05) is 90.8 Å². The standard InChI is InChI=1S/C32H29Cl2NO5/c1-3-26(22-12-8-5-9-13-22)32(38)35(20-30(36)37)24-18-27(33)31(28(34)19-24)40-25-14-15-29(39-2)23(17-25)16-21-10-6-4-7-11-21/h4-15,17-19,26H,3,16,20H2,1-2H3,(H,36,37). The molecule has 40 heavy (non-hydrogen) atoms. The molecule has 0 spiro atoms. The van der Waals surface area contributed by atoms with E-state index in [4.69, 9.17) is 32.7 Å². The van der Waals surface area contributed by atoms with Gasteiger partial charge in [0, 0.05) is 17.7 Å². The summed E-state index contributed by atoms with van der Waals surface area (Å²) in [5.41, 5.74) is 3.10. The minimum absolute atomic E-state index is 0.138. The fraction of sp³-hybridized carbons (Fsp3) is 0.188. The van der Waals surface area contributed by atoms with Crippen molar-refractivity contribution in [3.05, 3.63) is 118 Å². The summed E-state index contributed by atoms with van der Waals surface area (Å²) in [6.07, 6.45) is 1.12. The molecule has 0 aliphatic carbocycles. The molecule has 4 aromatic carbocycles. The molecule has 1 amide bonds. The minimum atomic E-state index is -1.16. The van der Waals surface area contributed by atoms with Crippen molar-refractivity contribution in [1.82, 2.24) is 0 Å². The second kappa shape index (κ2) is 13.4. The lowest BCUT2D eigenvalue weighted by atomic mass is 9.94. The van der Waals surface area contributed by atoms with E-state index in [2.05, 4.69) is 0 Å². The highest BCUT2D eigenvalue weighted by Crippen LogP contribution is 2.41. The van der Waals surface area contributed by atoms with Crippen LogP contribution in [0, 0.1) is 0 Å². The quantitative estimate of drug-likeness (QED) is 0.195. The number of methoxy groups -OCH3 is 1. The van der Waals surface area contributed by atoms with Crippen LogP contribution in [0.15, 0.2) is 91.0 Å². The van der Waals surface area contributed by atoms with Gasteiger partial charge in [-0.25, -0.2) is 0 Å². The Morgan fingerprint density at radius 2 is 1.52 bits per heavy atom. The van der Waals surface area contributed by atoms with Crippen LogP contribution in [0.25, 0.3) is 0 Å². The summed E-state index contributed by atoms with van der Waals surface area (Å²) < 4.78 is 11.6. The molecule has 0 saturated carbocycles. The largest absolute Gasteiger partial charge is 0.496 e. The van der Waals surface area contributed by atoms with Crippen molar-refractivity contribution in [2.75, 3.05) is 18.6 Å². The number of carboxylic acid groups (broad SMARTS) is 1. The zero-order valence-corrected chi connectivity index (χ0v) is 23.7. The fourth-order valence-electron chi connectivity index (χ4n) is 4.55. The lowest BCUT2D eigenvalue weighted by Crippen LogP contribution is -2.39. The van der Waals surface area contributed by atoms with E-state index in [0.717, 1.165) is 22.4 Å². The van der Waals surface area contributed by atoms with Gasteiger partial charge in [0.2, 0.25) is 5.91 Å². The van der Waals surface area contributed by atoms with E-state index in [1.165, 1.54) is 17.0 Å². The highest BCUT2D eigenvalue weighted by atomic mass is 35.5. The zero-order chi connectivity index (χ0) is 28.6. The third kappa shape index (κ3) is 6.95. The molecule has 0 saturated heterocycles. The number of carbonyl (C=O) groups excluding carboxylic acids is 1. The topological polar surface area (TPSA) is 76.1 Å². The number of nitrogens with zero attached hydrogens (tertiary/aromatic N) is 1. The van der Waals surface area contributed by atoms with Crippen molar-refractivity contribution in [1.29, 1.82) is 0 Å². The minimum Gasteiger partial charge on any atom is -0.496 e. The number of benzene rings is 4. The highest BCUT2D eigenvalue weighted by Gasteiger charge is 2.28. The number of carbonyl (C=O) groups is 2. The first-order valence-electron chi connectivity index (χ1n) is 12.8. The summed E-state index contributed by atoms with van der Waals surface area (Å²) in [6.45, 7) is 1.34. The summed E-state index contributed by atoms with van der Waals surface area (Å²) in [5.74, 6) is -0.643. The van der Waals surface area contributed by atoms with Crippen LogP contribution in [0.4, 0.5) is 5.69 Å². The van der Waals surface area contributed by atoms with Gasteiger partial charge in [-0.15, -0.1) is 0 Å². The van der Waals surface area contributed by atoms with Crippen LogP contribution in [0.5, 0.6) is 17.2 Å². The molecular weight excluding hydrogens is 549 g/mol. The van der Waals surface area contributed by atoms with E-state index in [-0.39, 0.29) is 27.4 Å². The van der Waals surface area contributed by atoms with Gasteiger partial charge >= 0.3 is 5.97 Å². The van der Waals surface area contributed by atoms with E-state index in [1.54, 1.807) is 13.2 Å². The van der Waals surface area contributed by atoms with Crippen LogP contribution in [-0.2, 0) is 16.0 Å². The van der Waals surface area contributed by atoms with Gasteiger partial charge in [0.05, 0.1) is 23.1 Å². The number of hydrogen-bond acceptors (Lipinski definition) is 4. The number of anilines is 1. The lowest BCUT2D eigenvalue weighted by molar-refractivity contribution is -0.136. The molecule has 0 aromatic heterocycles. The summed E-state index contributed by atoms with van der Waals surface area (Å²) in [4.78, 5) is 26.5. The van der Waals surface area contributed by atoms with Crippen molar-refractivity contribution in [2.45, 2.75) is 25.7 Å². The highest BCUT2D eigenvalue weighted by molar-refractivity contribution is 6.37. The molecule has 1 atom stereocenters. The monoisotopic (exact) mass is 577 g/mol. The third-order valence-electron chi connectivity index (χ3n) is 6.47. The smallest absolute Gasteiger partial charge is 0.323 e. The van der Waals surface area contributed by atoms with Crippen LogP contribution >= 0.6 is 23.2 Å². The van der Waals surface area contributed by atoms with E-state index in [9.17, 15) is 14.7 Å². The molecule has 1 unspecified atom stereocenters. The molecule has 4 rings (SSSR count). The Hall–Kier alpha value is -4.00. The molecule has 0 fully saturated rings. The Bertz CT molecular complexity index is 1450. The van der Waals surface area contributed by atoms with Crippen molar-refractivity contribution < 1.29 is 24.2 Å². The van der Waals surface area contributed by atoms with Crippen LogP contribution in [-0.4, -0.2) is 30.6 Å². The molecule has 0 bridgehead atoms. The van der Waals surface area contributed by atoms with Gasteiger partial charge in [0.15, 0.2) is 5.75 Å². The summed E-state index contributed by atoms with van der Waals surface area (Å²) in [5, 5.41) is 9.86. The van der Waals surface area contributed by atoms with Gasteiger partial charge in [-0.3, -0.25) is 9.59 Å². The van der Waals surface area contributed by atoms with Crippen molar-refractivity contribution in [2.24, 2.45) is 0 Å². The molecule has 0 aliphatic rings. The Morgan fingerprint density at radius 1 is 0.900 bits per heavy atom. The number of carboxylic acids is 1. The lowest BCUT2D eigenvalue weighted by Gasteiger charge is -2.27. The first-order chi connectivity index (χ1) is 19.3. The van der Waals surface area contributed by atoms with Crippen LogP contribution in [0.1, 0.15) is 36.0 Å². The zero-order valence-electron chi connectivity index (χ0n) is 22.1. The molecule has 1 N–H and O–H groups in total. The molecule has 6 nitrogen and oxygen atoms in total. The Kier molecular flexibility index (Phi) is 9.70. The predicted molar refractivity (Wildman–Crippen MR) is 158 cm³/mol. The number of halogens is 2. The van der Waals surface area contributed by atoms with E-state index >= 15 is 0 Å².